The zero-order chi connectivity index (χ0) is 12.4. The number of rotatable bonds is 3. The Morgan fingerprint density at radius 3 is 2.65 bits per heavy atom. The first-order valence-corrected chi connectivity index (χ1v) is 5.01. The van der Waals surface area contributed by atoms with Crippen molar-refractivity contribution in [2.24, 2.45) is 0 Å². The van der Waals surface area contributed by atoms with Crippen LogP contribution in [0.4, 0.5) is 0 Å². The predicted molar refractivity (Wildman–Crippen MR) is 60.4 cm³/mol. The van der Waals surface area contributed by atoms with Crippen molar-refractivity contribution in [3.05, 3.63) is 23.3 Å². The lowest BCUT2D eigenvalue weighted by Crippen LogP contribution is -1.96. The molecule has 0 unspecified atom stereocenters. The first-order valence-electron chi connectivity index (χ1n) is 5.01. The number of hydrogen-bond donors (Lipinski definition) is 1. The van der Waals surface area contributed by atoms with Gasteiger partial charge in [-0.15, -0.1) is 0 Å². The summed E-state index contributed by atoms with van der Waals surface area (Å²) in [6, 6.07) is 3.39. The summed E-state index contributed by atoms with van der Waals surface area (Å²) in [4.78, 5) is 10.8. The van der Waals surface area contributed by atoms with Crippen LogP contribution in [0.3, 0.4) is 0 Å². The van der Waals surface area contributed by atoms with E-state index in [-0.39, 0.29) is 12.4 Å². The number of aliphatic carboxylic acids is 1. The number of carboxylic acid groups (broad SMARTS) is 1. The molecule has 1 aromatic rings. The van der Waals surface area contributed by atoms with Gasteiger partial charge in [0.2, 0.25) is 6.79 Å². The number of carboxylic acids is 1. The number of carbonyl (C=O) groups is 1. The van der Waals surface area contributed by atoms with Crippen LogP contribution in [0, 0.1) is 0 Å². The van der Waals surface area contributed by atoms with Crippen molar-refractivity contribution in [1.29, 1.82) is 0 Å². The van der Waals surface area contributed by atoms with Gasteiger partial charge in [-0.3, -0.25) is 0 Å². The summed E-state index contributed by atoms with van der Waals surface area (Å²) < 4.78 is 15.6. The minimum Gasteiger partial charge on any atom is -0.496 e. The zero-order valence-electron chi connectivity index (χ0n) is 9.52. The molecule has 90 valence electrons. The molecule has 0 fully saturated rings. The van der Waals surface area contributed by atoms with E-state index in [0.717, 1.165) is 0 Å². The van der Waals surface area contributed by atoms with Crippen molar-refractivity contribution >= 4 is 12.0 Å². The lowest BCUT2D eigenvalue weighted by molar-refractivity contribution is -0.132. The molecule has 0 spiro atoms. The van der Waals surface area contributed by atoms with E-state index in [2.05, 4.69) is 0 Å². The van der Waals surface area contributed by atoms with Gasteiger partial charge in [0.05, 0.1) is 7.11 Å². The molecule has 0 atom stereocenters. The Morgan fingerprint density at radius 1 is 1.41 bits per heavy atom. The van der Waals surface area contributed by atoms with E-state index in [4.69, 9.17) is 19.3 Å². The van der Waals surface area contributed by atoms with Gasteiger partial charge in [0, 0.05) is 17.2 Å². The molecule has 0 amide bonds. The Hall–Kier alpha value is -2.17. The highest BCUT2D eigenvalue weighted by molar-refractivity contribution is 5.92. The minimum absolute atomic E-state index is 0.170. The SMILES string of the molecule is COc1cc2c(cc1C=C(C)C(=O)O)OCO2. The van der Waals surface area contributed by atoms with Crippen LogP contribution in [0.5, 0.6) is 17.2 Å². The van der Waals surface area contributed by atoms with Crippen molar-refractivity contribution in [2.45, 2.75) is 6.92 Å². The van der Waals surface area contributed by atoms with Gasteiger partial charge in [-0.25, -0.2) is 4.79 Å². The zero-order valence-corrected chi connectivity index (χ0v) is 9.52. The molecule has 5 heteroatoms. The molecule has 2 rings (SSSR count). The van der Waals surface area contributed by atoms with Gasteiger partial charge in [0.25, 0.3) is 0 Å². The third kappa shape index (κ3) is 2.18. The fourth-order valence-corrected chi connectivity index (χ4v) is 1.52. The second-order valence-electron chi connectivity index (χ2n) is 3.58. The van der Waals surface area contributed by atoms with E-state index in [0.29, 0.717) is 22.8 Å². The van der Waals surface area contributed by atoms with E-state index >= 15 is 0 Å². The van der Waals surface area contributed by atoms with E-state index in [1.54, 1.807) is 12.1 Å². The van der Waals surface area contributed by atoms with Gasteiger partial charge < -0.3 is 19.3 Å². The van der Waals surface area contributed by atoms with Crippen LogP contribution in [0.2, 0.25) is 0 Å². The Labute approximate surface area is 98.2 Å². The first-order chi connectivity index (χ1) is 8.11. The van der Waals surface area contributed by atoms with Crippen molar-refractivity contribution in [1.82, 2.24) is 0 Å². The molecule has 0 aliphatic carbocycles. The van der Waals surface area contributed by atoms with Crippen LogP contribution in [-0.4, -0.2) is 25.0 Å². The molecule has 5 nitrogen and oxygen atoms in total. The summed E-state index contributed by atoms with van der Waals surface area (Å²) in [6.45, 7) is 1.69. The second kappa shape index (κ2) is 4.37. The third-order valence-corrected chi connectivity index (χ3v) is 2.43. The van der Waals surface area contributed by atoms with Crippen LogP contribution in [0.1, 0.15) is 12.5 Å². The average Bonchev–Trinajstić information content (AvgIpc) is 2.74. The summed E-state index contributed by atoms with van der Waals surface area (Å²) >= 11 is 0. The number of ether oxygens (including phenoxy) is 3. The molecule has 1 aliphatic rings. The smallest absolute Gasteiger partial charge is 0.331 e. The standard InChI is InChI=1S/C12H12O5/c1-7(12(13)14)3-8-4-10-11(17-6-16-10)5-9(8)15-2/h3-5H,6H2,1-2H3,(H,13,14). The molecule has 0 aromatic heterocycles. The topological polar surface area (TPSA) is 65.0 Å². The molecule has 17 heavy (non-hydrogen) atoms. The summed E-state index contributed by atoms with van der Waals surface area (Å²) in [6.07, 6.45) is 1.53. The maximum Gasteiger partial charge on any atom is 0.331 e. The highest BCUT2D eigenvalue weighted by Crippen LogP contribution is 2.38. The van der Waals surface area contributed by atoms with Gasteiger partial charge in [-0.1, -0.05) is 0 Å². The number of methoxy groups -OCH3 is 1. The maximum atomic E-state index is 10.8. The summed E-state index contributed by atoms with van der Waals surface area (Å²) in [5, 5.41) is 8.84. The predicted octanol–water partition coefficient (Wildman–Crippen LogP) is 1.91. The highest BCUT2D eigenvalue weighted by Gasteiger charge is 2.17. The lowest BCUT2D eigenvalue weighted by atomic mass is 10.1. The van der Waals surface area contributed by atoms with Gasteiger partial charge >= 0.3 is 5.97 Å². The van der Waals surface area contributed by atoms with Crippen LogP contribution < -0.4 is 14.2 Å². The van der Waals surface area contributed by atoms with Gasteiger partial charge in [0.15, 0.2) is 11.5 Å². The molecule has 0 saturated heterocycles. The van der Waals surface area contributed by atoms with E-state index in [9.17, 15) is 4.79 Å². The summed E-state index contributed by atoms with van der Waals surface area (Å²) in [5.41, 5.74) is 0.874. The average molecular weight is 236 g/mol. The van der Waals surface area contributed by atoms with E-state index < -0.39 is 5.97 Å². The van der Waals surface area contributed by atoms with Gasteiger partial charge in [-0.05, 0) is 19.1 Å². The molecule has 1 aliphatic heterocycles. The molecule has 1 N–H and O–H groups in total. The normalized spacial score (nSPS) is 13.6. The van der Waals surface area contributed by atoms with Crippen LogP contribution in [0.25, 0.3) is 6.08 Å². The fourth-order valence-electron chi connectivity index (χ4n) is 1.52. The molecule has 0 bridgehead atoms. The molecule has 1 aromatic carbocycles. The maximum absolute atomic E-state index is 10.8. The molecular weight excluding hydrogens is 224 g/mol. The van der Waals surface area contributed by atoms with Gasteiger partial charge in [-0.2, -0.15) is 0 Å². The fraction of sp³-hybridized carbons (Fsp3) is 0.250. The second-order valence-corrected chi connectivity index (χ2v) is 3.58. The highest BCUT2D eigenvalue weighted by atomic mass is 16.7. The van der Waals surface area contributed by atoms with E-state index in [1.165, 1.54) is 20.1 Å². The number of hydrogen-bond acceptors (Lipinski definition) is 4. The Bertz CT molecular complexity index is 490. The molecule has 0 saturated carbocycles. The minimum atomic E-state index is -0.968. The van der Waals surface area contributed by atoms with E-state index in [1.807, 2.05) is 0 Å². The Balaban J connectivity index is 2.46. The summed E-state index contributed by atoms with van der Waals surface area (Å²) in [5.74, 6) is 0.779. The van der Waals surface area contributed by atoms with Crippen molar-refractivity contribution in [3.63, 3.8) is 0 Å². The summed E-state index contributed by atoms with van der Waals surface area (Å²) in [7, 11) is 1.52. The van der Waals surface area contributed by atoms with Crippen molar-refractivity contribution < 1.29 is 24.1 Å². The van der Waals surface area contributed by atoms with Crippen LogP contribution in [-0.2, 0) is 4.79 Å². The first kappa shape index (κ1) is 11.3. The number of fused-ring (bicyclic) bond motifs is 1. The molecule has 1 heterocycles. The third-order valence-electron chi connectivity index (χ3n) is 2.43. The van der Waals surface area contributed by atoms with Gasteiger partial charge in [0.1, 0.15) is 5.75 Å². The van der Waals surface area contributed by atoms with Crippen molar-refractivity contribution in [3.8, 4) is 17.2 Å². The lowest BCUT2D eigenvalue weighted by Gasteiger charge is -2.07. The Morgan fingerprint density at radius 2 is 2.06 bits per heavy atom. The van der Waals surface area contributed by atoms with Crippen LogP contribution >= 0.6 is 0 Å². The molecule has 0 radical (unpaired) electrons. The molecular formula is C12H12O5. The monoisotopic (exact) mass is 236 g/mol. The van der Waals surface area contributed by atoms with Crippen LogP contribution in [0.15, 0.2) is 17.7 Å². The van der Waals surface area contributed by atoms with Crippen molar-refractivity contribution in [2.75, 3.05) is 13.9 Å². The number of benzene rings is 1. The quantitative estimate of drug-likeness (QED) is 0.812. The Kier molecular flexibility index (Phi) is 2.91. The largest absolute Gasteiger partial charge is 0.496 e.